The van der Waals surface area contributed by atoms with Crippen LogP contribution in [0.15, 0.2) is 65.8 Å². The highest BCUT2D eigenvalue weighted by Gasteiger charge is 2.22. The van der Waals surface area contributed by atoms with Crippen LogP contribution in [0.5, 0.6) is 5.75 Å². The van der Waals surface area contributed by atoms with Gasteiger partial charge in [0, 0.05) is 17.6 Å². The van der Waals surface area contributed by atoms with Crippen molar-refractivity contribution in [2.45, 2.75) is 18.4 Å². The number of ether oxygens (including phenoxy) is 1. The summed E-state index contributed by atoms with van der Waals surface area (Å²) < 4.78 is 33.3. The summed E-state index contributed by atoms with van der Waals surface area (Å²) in [6, 6.07) is 12.9. The van der Waals surface area contributed by atoms with E-state index in [2.05, 4.69) is 15.0 Å². The van der Waals surface area contributed by atoms with Crippen molar-refractivity contribution in [2.75, 3.05) is 11.8 Å². The number of benzene rings is 2. The van der Waals surface area contributed by atoms with E-state index in [-0.39, 0.29) is 22.7 Å². The Labute approximate surface area is 180 Å². The predicted octanol–water partition coefficient (Wildman–Crippen LogP) is 3.78. The molecule has 0 aliphatic carbocycles. The molecule has 0 saturated carbocycles. The van der Waals surface area contributed by atoms with E-state index >= 15 is 0 Å². The molecule has 3 aromatic rings. The van der Waals surface area contributed by atoms with Crippen molar-refractivity contribution in [3.63, 3.8) is 0 Å². The SMILES string of the molecule is COc1cncc(NS(=O)(=O)c2ccccc2C(=O)NCc2ccc(C)c(Cl)c2)c1. The van der Waals surface area contributed by atoms with E-state index in [0.717, 1.165) is 11.1 Å². The summed E-state index contributed by atoms with van der Waals surface area (Å²) in [6.07, 6.45) is 2.81. The van der Waals surface area contributed by atoms with Crippen molar-refractivity contribution < 1.29 is 17.9 Å². The number of pyridine rings is 1. The number of carbonyl (C=O) groups is 1. The van der Waals surface area contributed by atoms with Crippen LogP contribution in [0, 0.1) is 6.92 Å². The van der Waals surface area contributed by atoms with Gasteiger partial charge in [0.2, 0.25) is 0 Å². The topological polar surface area (TPSA) is 97.4 Å². The Kier molecular flexibility index (Phi) is 6.59. The second kappa shape index (κ2) is 9.15. The number of methoxy groups -OCH3 is 1. The van der Waals surface area contributed by atoms with Crippen LogP contribution in [-0.2, 0) is 16.6 Å². The summed E-state index contributed by atoms with van der Waals surface area (Å²) >= 11 is 6.12. The Hall–Kier alpha value is -3.10. The third-order valence-electron chi connectivity index (χ3n) is 4.31. The van der Waals surface area contributed by atoms with Gasteiger partial charge in [-0.15, -0.1) is 0 Å². The molecule has 0 atom stereocenters. The highest BCUT2D eigenvalue weighted by atomic mass is 35.5. The van der Waals surface area contributed by atoms with E-state index in [0.29, 0.717) is 10.8 Å². The number of aromatic nitrogens is 1. The first kappa shape index (κ1) is 21.6. The largest absolute Gasteiger partial charge is 0.495 e. The Morgan fingerprint density at radius 1 is 1.13 bits per heavy atom. The van der Waals surface area contributed by atoms with E-state index in [4.69, 9.17) is 16.3 Å². The number of sulfonamides is 1. The zero-order chi connectivity index (χ0) is 21.7. The molecule has 7 nitrogen and oxygen atoms in total. The number of nitrogens with zero attached hydrogens (tertiary/aromatic N) is 1. The number of hydrogen-bond acceptors (Lipinski definition) is 5. The molecule has 0 fully saturated rings. The number of nitrogens with one attached hydrogen (secondary N) is 2. The molecule has 0 spiro atoms. The Bertz CT molecular complexity index is 1180. The Morgan fingerprint density at radius 3 is 2.63 bits per heavy atom. The first-order valence-corrected chi connectivity index (χ1v) is 10.8. The molecule has 0 unspecified atom stereocenters. The molecule has 0 radical (unpaired) electrons. The summed E-state index contributed by atoms with van der Waals surface area (Å²) in [5.41, 5.74) is 1.99. The fraction of sp³-hybridized carbons (Fsp3) is 0.143. The summed E-state index contributed by atoms with van der Waals surface area (Å²) in [5.74, 6) is -0.116. The van der Waals surface area contributed by atoms with Crippen LogP contribution in [0.2, 0.25) is 5.02 Å². The van der Waals surface area contributed by atoms with E-state index in [9.17, 15) is 13.2 Å². The van der Waals surface area contributed by atoms with Gasteiger partial charge in [-0.05, 0) is 36.2 Å². The third-order valence-corrected chi connectivity index (χ3v) is 6.16. The molecule has 1 amide bonds. The summed E-state index contributed by atoms with van der Waals surface area (Å²) in [5, 5.41) is 3.33. The minimum atomic E-state index is -4.04. The summed E-state index contributed by atoms with van der Waals surface area (Å²) in [4.78, 5) is 16.5. The maximum Gasteiger partial charge on any atom is 0.262 e. The molecule has 2 aromatic carbocycles. The molecule has 30 heavy (non-hydrogen) atoms. The van der Waals surface area contributed by atoms with Crippen molar-refractivity contribution in [3.05, 3.63) is 82.6 Å². The number of carbonyl (C=O) groups excluding carboxylic acids is 1. The van der Waals surface area contributed by atoms with Crippen LogP contribution >= 0.6 is 11.6 Å². The Morgan fingerprint density at radius 2 is 1.90 bits per heavy atom. The van der Waals surface area contributed by atoms with E-state index in [1.165, 1.54) is 37.7 Å². The average Bonchev–Trinajstić information content (AvgIpc) is 2.74. The van der Waals surface area contributed by atoms with Crippen LogP contribution in [-0.4, -0.2) is 26.4 Å². The number of halogens is 1. The van der Waals surface area contributed by atoms with Crippen LogP contribution < -0.4 is 14.8 Å². The van der Waals surface area contributed by atoms with Crippen molar-refractivity contribution >= 4 is 33.2 Å². The molecular weight excluding hydrogens is 426 g/mol. The lowest BCUT2D eigenvalue weighted by molar-refractivity contribution is 0.0947. The van der Waals surface area contributed by atoms with Gasteiger partial charge in [0.1, 0.15) is 10.6 Å². The van der Waals surface area contributed by atoms with Gasteiger partial charge in [0.25, 0.3) is 15.9 Å². The normalized spacial score (nSPS) is 11.0. The van der Waals surface area contributed by atoms with Crippen LogP contribution in [0.1, 0.15) is 21.5 Å². The fourth-order valence-electron chi connectivity index (χ4n) is 2.71. The van der Waals surface area contributed by atoms with Crippen LogP contribution in [0.25, 0.3) is 0 Å². The fourth-order valence-corrected chi connectivity index (χ4v) is 4.15. The molecule has 0 saturated heterocycles. The molecule has 2 N–H and O–H groups in total. The molecule has 9 heteroatoms. The maximum atomic E-state index is 12.9. The smallest absolute Gasteiger partial charge is 0.262 e. The maximum absolute atomic E-state index is 12.9. The lowest BCUT2D eigenvalue weighted by atomic mass is 10.1. The molecule has 3 rings (SSSR count). The van der Waals surface area contributed by atoms with Gasteiger partial charge in [-0.3, -0.25) is 14.5 Å². The minimum absolute atomic E-state index is 0.0269. The third kappa shape index (κ3) is 5.08. The second-order valence-corrected chi connectivity index (χ2v) is 8.54. The monoisotopic (exact) mass is 445 g/mol. The molecule has 0 aliphatic heterocycles. The lowest BCUT2D eigenvalue weighted by Crippen LogP contribution is -2.26. The van der Waals surface area contributed by atoms with Gasteiger partial charge in [0.05, 0.1) is 30.8 Å². The molecule has 1 heterocycles. The summed E-state index contributed by atoms with van der Waals surface area (Å²) in [7, 11) is -2.58. The molecule has 156 valence electrons. The van der Waals surface area contributed by atoms with E-state index in [1.54, 1.807) is 18.2 Å². The Balaban J connectivity index is 1.81. The van der Waals surface area contributed by atoms with Gasteiger partial charge < -0.3 is 10.1 Å². The van der Waals surface area contributed by atoms with Crippen molar-refractivity contribution in [2.24, 2.45) is 0 Å². The van der Waals surface area contributed by atoms with Crippen LogP contribution in [0.4, 0.5) is 5.69 Å². The number of hydrogen-bond donors (Lipinski definition) is 2. The zero-order valence-corrected chi connectivity index (χ0v) is 17.9. The van der Waals surface area contributed by atoms with Gasteiger partial charge in [-0.2, -0.15) is 0 Å². The van der Waals surface area contributed by atoms with E-state index < -0.39 is 15.9 Å². The highest BCUT2D eigenvalue weighted by molar-refractivity contribution is 7.92. The number of anilines is 1. The first-order valence-electron chi connectivity index (χ1n) is 8.94. The molecular formula is C21H20ClN3O4S. The average molecular weight is 446 g/mol. The van der Waals surface area contributed by atoms with Gasteiger partial charge in [0.15, 0.2) is 0 Å². The first-order chi connectivity index (χ1) is 14.3. The van der Waals surface area contributed by atoms with Crippen molar-refractivity contribution in [3.8, 4) is 5.75 Å². The standard InChI is InChI=1S/C21H20ClN3O4S/c1-14-7-8-15(9-19(14)22)11-24-21(26)18-5-3-4-6-20(18)30(27,28)25-16-10-17(29-2)13-23-12-16/h3-10,12-13,25H,11H2,1-2H3,(H,24,26). The second-order valence-electron chi connectivity index (χ2n) is 6.48. The molecule has 0 aliphatic rings. The van der Waals surface area contributed by atoms with E-state index in [1.807, 2.05) is 19.1 Å². The van der Waals surface area contributed by atoms with Crippen molar-refractivity contribution in [1.82, 2.24) is 10.3 Å². The quantitative estimate of drug-likeness (QED) is 0.576. The molecule has 0 bridgehead atoms. The highest BCUT2D eigenvalue weighted by Crippen LogP contribution is 2.22. The number of rotatable bonds is 7. The van der Waals surface area contributed by atoms with Gasteiger partial charge in [-0.1, -0.05) is 35.9 Å². The minimum Gasteiger partial charge on any atom is -0.495 e. The van der Waals surface area contributed by atoms with Gasteiger partial charge in [-0.25, -0.2) is 8.42 Å². The molecule has 1 aromatic heterocycles. The number of amides is 1. The number of aryl methyl sites for hydroxylation is 1. The lowest BCUT2D eigenvalue weighted by Gasteiger charge is -2.13. The van der Waals surface area contributed by atoms with Crippen molar-refractivity contribution in [1.29, 1.82) is 0 Å². The summed E-state index contributed by atoms with van der Waals surface area (Å²) in [6.45, 7) is 2.09. The zero-order valence-electron chi connectivity index (χ0n) is 16.3. The predicted molar refractivity (Wildman–Crippen MR) is 115 cm³/mol. The van der Waals surface area contributed by atoms with Gasteiger partial charge >= 0.3 is 0 Å². The van der Waals surface area contributed by atoms with Crippen LogP contribution in [0.3, 0.4) is 0 Å².